The number of sulfonamides is 1. The van der Waals surface area contributed by atoms with Crippen LogP contribution in [0.1, 0.15) is 80.8 Å². The Morgan fingerprint density at radius 1 is 1.09 bits per heavy atom. The first-order valence-corrected chi connectivity index (χ1v) is 20.4. The van der Waals surface area contributed by atoms with Gasteiger partial charge in [0, 0.05) is 35.0 Å². The van der Waals surface area contributed by atoms with Gasteiger partial charge in [-0.25, -0.2) is 8.42 Å². The predicted molar refractivity (Wildman–Crippen MR) is 191 cm³/mol. The van der Waals surface area contributed by atoms with Crippen molar-refractivity contribution in [3.8, 4) is 0 Å². The molecule has 3 fully saturated rings. The molecule has 5 amide bonds. The van der Waals surface area contributed by atoms with E-state index in [9.17, 15) is 45.6 Å². The van der Waals surface area contributed by atoms with Gasteiger partial charge < -0.3 is 20.9 Å². The first-order valence-electron chi connectivity index (χ1n) is 17.7. The number of allylic oxidation sites excluding steroid dienone is 1. The zero-order valence-corrected chi connectivity index (χ0v) is 31.2. The Labute approximate surface area is 313 Å². The van der Waals surface area contributed by atoms with E-state index in [0.717, 1.165) is 11.6 Å². The van der Waals surface area contributed by atoms with E-state index in [1.807, 2.05) is 12.1 Å². The van der Waals surface area contributed by atoms with Crippen molar-refractivity contribution < 1.29 is 45.6 Å². The summed E-state index contributed by atoms with van der Waals surface area (Å²) in [7, 11) is -3.96. The van der Waals surface area contributed by atoms with E-state index in [-0.39, 0.29) is 35.7 Å². The third-order valence-corrected chi connectivity index (χ3v) is 13.8. The van der Waals surface area contributed by atoms with Crippen LogP contribution in [0.4, 0.5) is 13.2 Å². The van der Waals surface area contributed by atoms with Gasteiger partial charge in [-0.2, -0.15) is 13.2 Å². The van der Waals surface area contributed by atoms with E-state index in [0.29, 0.717) is 43.9 Å². The Morgan fingerprint density at radius 2 is 1.83 bits per heavy atom. The number of amides is 5. The number of halogens is 4. The number of nitrogens with zero attached hydrogens (tertiary/aromatic N) is 1. The van der Waals surface area contributed by atoms with Crippen molar-refractivity contribution in [3.05, 3.63) is 46.3 Å². The summed E-state index contributed by atoms with van der Waals surface area (Å²) in [5, 5.41) is 8.28. The molecule has 12 nitrogen and oxygen atoms in total. The number of rotatable bonds is 8. The molecule has 0 bridgehead atoms. The van der Waals surface area contributed by atoms with E-state index in [2.05, 4.69) is 20.7 Å². The number of carbonyl (C=O) groups is 5. The average Bonchev–Trinajstić information content (AvgIpc) is 3.99. The Balaban J connectivity index is 1.28. The fraction of sp³-hybridized carbons (Fsp3) is 0.571. The largest absolute Gasteiger partial charge is 0.392 e. The van der Waals surface area contributed by atoms with E-state index < -0.39 is 92.9 Å². The topological polar surface area (TPSA) is 171 Å². The van der Waals surface area contributed by atoms with Crippen LogP contribution in [0.2, 0.25) is 5.02 Å². The molecule has 53 heavy (non-hydrogen) atoms. The van der Waals surface area contributed by atoms with Gasteiger partial charge in [-0.1, -0.05) is 61.7 Å². The monoisotopic (exact) mass is 799 g/mol. The predicted octanol–water partition coefficient (Wildman–Crippen LogP) is 4.33. The van der Waals surface area contributed by atoms with E-state index >= 15 is 0 Å². The minimum absolute atomic E-state index is 0.0853. The Bertz CT molecular complexity index is 1930. The lowest BCUT2D eigenvalue weighted by atomic mass is 10.0. The molecule has 288 valence electrons. The fourth-order valence-corrected chi connectivity index (χ4v) is 9.75. The molecule has 2 saturated carbocycles. The molecule has 1 unspecified atom stereocenters. The van der Waals surface area contributed by atoms with Crippen LogP contribution >= 0.6 is 22.9 Å². The summed E-state index contributed by atoms with van der Waals surface area (Å²) in [5.74, 6) is -6.41. The lowest BCUT2D eigenvalue weighted by Gasteiger charge is -2.30. The highest BCUT2D eigenvalue weighted by molar-refractivity contribution is 7.91. The molecule has 2 aromatic rings. The molecule has 4 aliphatic rings. The van der Waals surface area contributed by atoms with E-state index in [1.54, 1.807) is 24.3 Å². The molecule has 1 aromatic carbocycles. The van der Waals surface area contributed by atoms with Gasteiger partial charge in [0.05, 0.1) is 16.2 Å². The van der Waals surface area contributed by atoms with Crippen molar-refractivity contribution in [2.75, 3.05) is 6.54 Å². The Kier molecular flexibility index (Phi) is 11.2. The number of fused-ring (bicyclic) bond motifs is 3. The van der Waals surface area contributed by atoms with Gasteiger partial charge in [0.15, 0.2) is 0 Å². The molecule has 2 aliphatic carbocycles. The Hall–Kier alpha value is -3.70. The van der Waals surface area contributed by atoms with E-state index in [4.69, 9.17) is 11.6 Å². The van der Waals surface area contributed by atoms with Crippen LogP contribution in [0.5, 0.6) is 0 Å². The van der Waals surface area contributed by atoms with Crippen molar-refractivity contribution in [2.24, 2.45) is 11.8 Å². The number of hydrogen-bond acceptors (Lipinski definition) is 8. The highest BCUT2D eigenvalue weighted by atomic mass is 35.5. The lowest BCUT2D eigenvalue weighted by molar-refractivity contribution is -0.174. The summed E-state index contributed by atoms with van der Waals surface area (Å²) >= 11 is 7.71. The lowest BCUT2D eigenvalue weighted by Crippen LogP contribution is -2.58. The summed E-state index contributed by atoms with van der Waals surface area (Å²) in [6.45, 7) is 0.671. The number of nitrogens with one attached hydrogen (secondary N) is 4. The molecule has 6 atom stereocenters. The highest BCUT2D eigenvalue weighted by Gasteiger charge is 2.62. The SMILES string of the molecule is CC(CC(=O)N[C@H]1CCCCC/C=C\[C@H]2C[C@@]2(C(=O)NS(=O)(=O)C2CC2)NC(=O)[C@@H]2C[C@@H](NC(=O)c3sc4ccccc4c3Cl)CN2C1=O)C(F)(F)F. The summed E-state index contributed by atoms with van der Waals surface area (Å²) < 4.78 is 68.3. The van der Waals surface area contributed by atoms with Crippen molar-refractivity contribution in [1.82, 2.24) is 25.6 Å². The maximum Gasteiger partial charge on any atom is 0.392 e. The molecule has 18 heteroatoms. The minimum atomic E-state index is -4.63. The second-order valence-electron chi connectivity index (χ2n) is 14.4. The summed E-state index contributed by atoms with van der Waals surface area (Å²) in [6.07, 6.45) is 1.27. The first-order chi connectivity index (χ1) is 25.0. The maximum absolute atomic E-state index is 14.3. The standard InChI is InChI=1S/C35H41ClF3N5O7S2/c1-19(35(37,38)39)15-27(45)41-24-11-6-4-2-3-5-9-20-17-34(20,33(49)43-53(50,51)22-13-14-22)42-30(46)25-16-21(18-44(25)32(24)48)40-31(47)29-28(36)23-10-7-8-12-26(23)52-29/h5,7-10,12,19-22,24-25H,2-4,6,11,13-18H2,1H3,(H,40,47)(H,41,45)(H,42,46)(H,43,49)/b9-5-/t19?,20-,21+,24-,25-,34+/m0/s1. The molecule has 0 radical (unpaired) electrons. The zero-order chi connectivity index (χ0) is 38.3. The van der Waals surface area contributed by atoms with E-state index in [1.165, 1.54) is 16.2 Å². The molecule has 2 aliphatic heterocycles. The van der Waals surface area contributed by atoms with Crippen molar-refractivity contribution in [3.63, 3.8) is 0 Å². The number of thiophene rings is 1. The molecule has 1 saturated heterocycles. The number of alkyl halides is 3. The van der Waals surface area contributed by atoms with Crippen LogP contribution in [-0.4, -0.2) is 84.5 Å². The second-order valence-corrected chi connectivity index (χ2v) is 17.8. The average molecular weight is 800 g/mol. The van der Waals surface area contributed by atoms with Crippen LogP contribution in [0.15, 0.2) is 36.4 Å². The third kappa shape index (κ3) is 8.67. The van der Waals surface area contributed by atoms with Crippen LogP contribution in [0, 0.1) is 11.8 Å². The van der Waals surface area contributed by atoms with Gasteiger partial charge in [0.2, 0.25) is 27.7 Å². The van der Waals surface area contributed by atoms with Crippen LogP contribution in [-0.2, 0) is 29.2 Å². The number of benzene rings is 1. The van der Waals surface area contributed by atoms with Crippen molar-refractivity contribution in [1.29, 1.82) is 0 Å². The summed E-state index contributed by atoms with van der Waals surface area (Å²) in [5.41, 5.74) is -1.61. The molecule has 6 rings (SSSR count). The molecule has 1 aromatic heterocycles. The summed E-state index contributed by atoms with van der Waals surface area (Å²) in [4.78, 5) is 69.9. The van der Waals surface area contributed by atoms with Gasteiger partial charge in [-0.3, -0.25) is 28.7 Å². The van der Waals surface area contributed by atoms with Crippen LogP contribution < -0.4 is 20.7 Å². The fourth-order valence-electron chi connectivity index (χ4n) is 6.96. The first kappa shape index (κ1) is 39.0. The number of carbonyl (C=O) groups excluding carboxylic acids is 5. The van der Waals surface area contributed by atoms with Gasteiger partial charge in [-0.15, -0.1) is 11.3 Å². The van der Waals surface area contributed by atoms with Crippen molar-refractivity contribution >= 4 is 72.6 Å². The molecule has 4 N–H and O–H groups in total. The van der Waals surface area contributed by atoms with Crippen LogP contribution in [0.25, 0.3) is 10.1 Å². The quantitative estimate of drug-likeness (QED) is 0.288. The maximum atomic E-state index is 14.3. The summed E-state index contributed by atoms with van der Waals surface area (Å²) in [6, 6.07) is 3.79. The van der Waals surface area contributed by atoms with Gasteiger partial charge in [0.1, 0.15) is 22.5 Å². The molecule has 0 spiro atoms. The Morgan fingerprint density at radius 3 is 2.53 bits per heavy atom. The van der Waals surface area contributed by atoms with Crippen molar-refractivity contribution in [2.45, 2.75) is 106 Å². The second kappa shape index (κ2) is 15.2. The molecule has 3 heterocycles. The number of hydrogen-bond donors (Lipinski definition) is 4. The molecular weight excluding hydrogens is 759 g/mol. The minimum Gasteiger partial charge on any atom is -0.347 e. The molecular formula is C35H41ClF3N5O7S2. The smallest absolute Gasteiger partial charge is 0.347 e. The third-order valence-electron chi connectivity index (χ3n) is 10.3. The normalized spacial score (nSPS) is 28.1. The van der Waals surface area contributed by atoms with Crippen LogP contribution in [0.3, 0.4) is 0 Å². The van der Waals surface area contributed by atoms with Gasteiger partial charge in [0.25, 0.3) is 11.8 Å². The van der Waals surface area contributed by atoms with Gasteiger partial charge in [-0.05, 0) is 51.0 Å². The highest BCUT2D eigenvalue weighted by Crippen LogP contribution is 2.46. The van der Waals surface area contributed by atoms with Gasteiger partial charge >= 0.3 is 6.18 Å². The zero-order valence-electron chi connectivity index (χ0n) is 28.8.